The average Bonchev–Trinajstić information content (AvgIpc) is 2.55. The van der Waals surface area contributed by atoms with Gasteiger partial charge in [-0.25, -0.2) is 0 Å². The van der Waals surface area contributed by atoms with Gasteiger partial charge in [-0.3, -0.25) is 15.6 Å². The number of amides is 1. The Morgan fingerprint density at radius 2 is 1.52 bits per heavy atom. The van der Waals surface area contributed by atoms with Gasteiger partial charge in [-0.2, -0.15) is 0 Å². The highest BCUT2D eigenvalue weighted by Crippen LogP contribution is 2.60. The zero-order valence-electron chi connectivity index (χ0n) is 15.0. The predicted octanol–water partition coefficient (Wildman–Crippen LogP) is 3.84. The van der Waals surface area contributed by atoms with Crippen molar-refractivity contribution in [2.75, 3.05) is 5.32 Å². The topological polar surface area (TPSA) is 53.2 Å². The highest BCUT2D eigenvalue weighted by molar-refractivity contribution is 7.80. The van der Waals surface area contributed by atoms with Gasteiger partial charge in [0.2, 0.25) is 5.91 Å². The van der Waals surface area contributed by atoms with Crippen molar-refractivity contribution in [2.24, 2.45) is 23.2 Å². The van der Waals surface area contributed by atoms with Gasteiger partial charge in [0.15, 0.2) is 5.11 Å². The molecular formula is C20H27N3OS. The Labute approximate surface area is 155 Å². The molecule has 1 aromatic carbocycles. The van der Waals surface area contributed by atoms with Crippen LogP contribution in [0.5, 0.6) is 0 Å². The lowest BCUT2D eigenvalue weighted by molar-refractivity contribution is -0.146. The number of hydrogen-bond donors (Lipinski definition) is 3. The molecular weight excluding hydrogens is 330 g/mol. The molecule has 4 saturated carbocycles. The maximum atomic E-state index is 12.9. The van der Waals surface area contributed by atoms with Crippen molar-refractivity contribution in [1.29, 1.82) is 0 Å². The van der Waals surface area contributed by atoms with Crippen LogP contribution in [0, 0.1) is 37.0 Å². The molecule has 0 saturated heterocycles. The van der Waals surface area contributed by atoms with E-state index in [9.17, 15) is 4.79 Å². The maximum absolute atomic E-state index is 12.9. The molecule has 134 valence electrons. The summed E-state index contributed by atoms with van der Waals surface area (Å²) in [6, 6.07) is 6.12. The molecule has 5 heteroatoms. The largest absolute Gasteiger partial charge is 0.331 e. The van der Waals surface area contributed by atoms with E-state index in [-0.39, 0.29) is 11.3 Å². The third kappa shape index (κ3) is 3.14. The lowest BCUT2D eigenvalue weighted by Crippen LogP contribution is -2.57. The number of thiocarbonyl (C=S) groups is 1. The van der Waals surface area contributed by atoms with Crippen LogP contribution in [0.3, 0.4) is 0 Å². The number of anilines is 1. The Balaban J connectivity index is 1.37. The summed E-state index contributed by atoms with van der Waals surface area (Å²) in [5, 5.41) is 3.65. The molecule has 4 aliphatic rings. The molecule has 25 heavy (non-hydrogen) atoms. The molecule has 3 N–H and O–H groups in total. The number of rotatable bonds is 2. The molecule has 0 aromatic heterocycles. The minimum Gasteiger partial charge on any atom is -0.331 e. The van der Waals surface area contributed by atoms with Crippen LogP contribution in [0.2, 0.25) is 0 Å². The second-order valence-electron chi connectivity index (χ2n) is 8.50. The van der Waals surface area contributed by atoms with Gasteiger partial charge in [0.05, 0.1) is 5.41 Å². The Morgan fingerprint density at radius 1 is 1.00 bits per heavy atom. The monoisotopic (exact) mass is 357 g/mol. The predicted molar refractivity (Wildman–Crippen MR) is 104 cm³/mol. The fourth-order valence-electron chi connectivity index (χ4n) is 5.79. The summed E-state index contributed by atoms with van der Waals surface area (Å²) in [6.45, 7) is 4.10. The summed E-state index contributed by atoms with van der Waals surface area (Å²) in [4.78, 5) is 12.9. The van der Waals surface area contributed by atoms with E-state index in [0.29, 0.717) is 5.11 Å². The van der Waals surface area contributed by atoms with Crippen molar-refractivity contribution >= 4 is 28.9 Å². The molecule has 1 amide bonds. The number of carbonyl (C=O) groups excluding carboxylic acids is 1. The second kappa shape index (κ2) is 6.27. The standard InChI is InChI=1S/C20H27N3OS/c1-12-4-3-5-13(2)17(12)21-19(25)23-22-18(24)20-9-14-6-15(10-20)8-16(7-14)11-20/h3-5,14-16H,6-11H2,1-2H3,(H,22,24)(H2,21,23,25). The van der Waals surface area contributed by atoms with Gasteiger partial charge in [-0.1, -0.05) is 18.2 Å². The van der Waals surface area contributed by atoms with Crippen LogP contribution in [0.4, 0.5) is 5.69 Å². The van der Waals surface area contributed by atoms with Gasteiger partial charge in [0.1, 0.15) is 0 Å². The van der Waals surface area contributed by atoms with Crippen LogP contribution in [0.1, 0.15) is 49.7 Å². The zero-order chi connectivity index (χ0) is 17.6. The Morgan fingerprint density at radius 3 is 2.04 bits per heavy atom. The summed E-state index contributed by atoms with van der Waals surface area (Å²) in [7, 11) is 0. The molecule has 1 aromatic rings. The summed E-state index contributed by atoms with van der Waals surface area (Å²) >= 11 is 5.38. The van der Waals surface area contributed by atoms with E-state index < -0.39 is 0 Å². The SMILES string of the molecule is Cc1cccc(C)c1NC(=S)NNC(=O)C12CC3CC(CC(C3)C1)C2. The fourth-order valence-corrected chi connectivity index (χ4v) is 5.94. The van der Waals surface area contributed by atoms with E-state index in [1.807, 2.05) is 32.0 Å². The van der Waals surface area contributed by atoms with Gasteiger partial charge in [0.25, 0.3) is 0 Å². The second-order valence-corrected chi connectivity index (χ2v) is 8.91. The van der Waals surface area contributed by atoms with Crippen molar-refractivity contribution in [3.63, 3.8) is 0 Å². The van der Waals surface area contributed by atoms with Crippen LogP contribution in [0.15, 0.2) is 18.2 Å². The molecule has 0 spiro atoms. The first-order chi connectivity index (χ1) is 11.9. The zero-order valence-corrected chi connectivity index (χ0v) is 15.8. The van der Waals surface area contributed by atoms with E-state index in [1.54, 1.807) is 0 Å². The van der Waals surface area contributed by atoms with E-state index in [0.717, 1.165) is 53.8 Å². The molecule has 0 radical (unpaired) electrons. The van der Waals surface area contributed by atoms with Crippen LogP contribution in [0.25, 0.3) is 0 Å². The van der Waals surface area contributed by atoms with Gasteiger partial charge in [-0.05, 0) is 93.5 Å². The van der Waals surface area contributed by atoms with Crippen LogP contribution < -0.4 is 16.2 Å². The number of hydrogen-bond acceptors (Lipinski definition) is 2. The molecule has 0 unspecified atom stereocenters. The number of benzene rings is 1. The number of para-hydroxylation sites is 1. The fraction of sp³-hybridized carbons (Fsp3) is 0.600. The minimum absolute atomic E-state index is 0.136. The Hall–Kier alpha value is -1.62. The van der Waals surface area contributed by atoms with Crippen LogP contribution >= 0.6 is 12.2 Å². The summed E-state index contributed by atoms with van der Waals surface area (Å²) in [6.07, 6.45) is 7.20. The molecule has 4 bridgehead atoms. The summed E-state index contributed by atoms with van der Waals surface area (Å²) in [5.74, 6) is 2.42. The van der Waals surface area contributed by atoms with Crippen molar-refractivity contribution in [2.45, 2.75) is 52.4 Å². The van der Waals surface area contributed by atoms with Crippen molar-refractivity contribution in [1.82, 2.24) is 10.9 Å². The van der Waals surface area contributed by atoms with Gasteiger partial charge >= 0.3 is 0 Å². The van der Waals surface area contributed by atoms with Crippen LogP contribution in [-0.2, 0) is 4.79 Å². The third-order valence-electron chi connectivity index (χ3n) is 6.53. The van der Waals surface area contributed by atoms with E-state index in [2.05, 4.69) is 16.2 Å². The first-order valence-electron chi connectivity index (χ1n) is 9.39. The normalized spacial score (nSPS) is 32.3. The summed E-state index contributed by atoms with van der Waals surface area (Å²) < 4.78 is 0. The third-order valence-corrected chi connectivity index (χ3v) is 6.73. The molecule has 0 aliphatic heterocycles. The number of carbonyl (C=O) groups is 1. The molecule has 0 atom stereocenters. The lowest BCUT2D eigenvalue weighted by Gasteiger charge is -2.55. The summed E-state index contributed by atoms with van der Waals surface area (Å²) in [5.41, 5.74) is 8.96. The average molecular weight is 358 g/mol. The van der Waals surface area contributed by atoms with Crippen molar-refractivity contribution < 1.29 is 4.79 Å². The molecule has 4 fully saturated rings. The Kier molecular flexibility index (Phi) is 4.22. The first kappa shape index (κ1) is 16.8. The lowest BCUT2D eigenvalue weighted by atomic mass is 9.49. The highest BCUT2D eigenvalue weighted by Gasteiger charge is 2.54. The molecule has 4 aliphatic carbocycles. The van der Waals surface area contributed by atoms with Gasteiger partial charge in [0, 0.05) is 5.69 Å². The minimum atomic E-state index is -0.157. The molecule has 4 nitrogen and oxygen atoms in total. The van der Waals surface area contributed by atoms with Crippen molar-refractivity contribution in [3.05, 3.63) is 29.3 Å². The smallest absolute Gasteiger partial charge is 0.244 e. The first-order valence-corrected chi connectivity index (χ1v) is 9.80. The van der Waals surface area contributed by atoms with E-state index in [1.165, 1.54) is 19.3 Å². The number of hydrazine groups is 1. The highest BCUT2D eigenvalue weighted by atomic mass is 32.1. The molecule has 0 heterocycles. The molecule has 5 rings (SSSR count). The van der Waals surface area contributed by atoms with Gasteiger partial charge in [-0.15, -0.1) is 0 Å². The van der Waals surface area contributed by atoms with E-state index in [4.69, 9.17) is 12.2 Å². The van der Waals surface area contributed by atoms with Crippen molar-refractivity contribution in [3.8, 4) is 0 Å². The number of aryl methyl sites for hydroxylation is 2. The number of nitrogens with one attached hydrogen (secondary N) is 3. The quantitative estimate of drug-likeness (QED) is 0.556. The van der Waals surface area contributed by atoms with E-state index >= 15 is 0 Å². The van der Waals surface area contributed by atoms with Crippen LogP contribution in [-0.4, -0.2) is 11.0 Å². The van der Waals surface area contributed by atoms with Gasteiger partial charge < -0.3 is 5.32 Å². The maximum Gasteiger partial charge on any atom is 0.244 e. The Bertz CT molecular complexity index is 659.